The Morgan fingerprint density at radius 3 is 2.85 bits per heavy atom. The van der Waals surface area contributed by atoms with Crippen molar-refractivity contribution in [1.29, 1.82) is 0 Å². The van der Waals surface area contributed by atoms with Gasteiger partial charge in [-0.15, -0.1) is 0 Å². The van der Waals surface area contributed by atoms with E-state index in [0.717, 1.165) is 0 Å². The van der Waals surface area contributed by atoms with Gasteiger partial charge < -0.3 is 23.9 Å². The van der Waals surface area contributed by atoms with Crippen LogP contribution in [0.4, 0.5) is 5.69 Å². The highest BCUT2D eigenvalue weighted by Gasteiger charge is 2.33. The summed E-state index contributed by atoms with van der Waals surface area (Å²) in [5.41, 5.74) is -1.53. The van der Waals surface area contributed by atoms with Crippen molar-refractivity contribution in [3.8, 4) is 11.5 Å². The lowest BCUT2D eigenvalue weighted by molar-refractivity contribution is -0.384. The third-order valence-corrected chi connectivity index (χ3v) is 3.96. The SMILES string of the molecule is CCOCC1COc2c(cc3[nH]cc(C(=O)OCC)c(=O)c3c2[N+](=O)[O-])O1. The molecular weight excluding hydrogens is 360 g/mol. The van der Waals surface area contributed by atoms with Gasteiger partial charge in [-0.25, -0.2) is 4.79 Å². The lowest BCUT2D eigenvalue weighted by Gasteiger charge is -2.26. The van der Waals surface area contributed by atoms with Crippen LogP contribution in [-0.2, 0) is 9.47 Å². The van der Waals surface area contributed by atoms with Crippen LogP contribution < -0.4 is 14.9 Å². The van der Waals surface area contributed by atoms with Crippen LogP contribution in [0.5, 0.6) is 11.5 Å². The molecule has 10 heteroatoms. The van der Waals surface area contributed by atoms with E-state index in [1.807, 2.05) is 6.92 Å². The number of nitrogens with zero attached hydrogens (tertiary/aromatic N) is 1. The summed E-state index contributed by atoms with van der Waals surface area (Å²) in [5.74, 6) is -0.877. The van der Waals surface area contributed by atoms with Gasteiger partial charge in [-0.3, -0.25) is 14.9 Å². The number of hydrogen-bond acceptors (Lipinski definition) is 8. The van der Waals surface area contributed by atoms with Crippen molar-refractivity contribution in [2.24, 2.45) is 0 Å². The average Bonchev–Trinajstić information content (AvgIpc) is 2.64. The molecular formula is C17H18N2O8. The van der Waals surface area contributed by atoms with Crippen LogP contribution >= 0.6 is 0 Å². The number of nitrogens with one attached hydrogen (secondary N) is 1. The number of carbonyl (C=O) groups is 1. The first-order chi connectivity index (χ1) is 13.0. The first-order valence-corrected chi connectivity index (χ1v) is 8.39. The quantitative estimate of drug-likeness (QED) is 0.457. The van der Waals surface area contributed by atoms with Crippen molar-refractivity contribution in [1.82, 2.24) is 4.98 Å². The Morgan fingerprint density at radius 2 is 2.19 bits per heavy atom. The Morgan fingerprint density at radius 1 is 1.41 bits per heavy atom. The van der Waals surface area contributed by atoms with Gasteiger partial charge in [0.25, 0.3) is 0 Å². The van der Waals surface area contributed by atoms with Crippen LogP contribution in [0.1, 0.15) is 24.2 Å². The molecule has 1 aromatic carbocycles. The van der Waals surface area contributed by atoms with Gasteiger partial charge in [0.15, 0.2) is 11.9 Å². The minimum atomic E-state index is -0.860. The number of hydrogen-bond donors (Lipinski definition) is 1. The number of carbonyl (C=O) groups excluding carboxylic acids is 1. The fourth-order valence-electron chi connectivity index (χ4n) is 2.80. The number of pyridine rings is 1. The second-order valence-corrected chi connectivity index (χ2v) is 5.69. The second kappa shape index (κ2) is 7.62. The number of nitro benzene ring substituents is 1. The number of fused-ring (bicyclic) bond motifs is 2. The first kappa shape index (κ1) is 18.6. The lowest BCUT2D eigenvalue weighted by Crippen LogP contribution is -2.34. The Balaban J connectivity index is 2.16. The van der Waals surface area contributed by atoms with Crippen molar-refractivity contribution in [2.75, 3.05) is 26.4 Å². The van der Waals surface area contributed by atoms with Crippen molar-refractivity contribution < 1.29 is 28.7 Å². The number of ether oxygens (including phenoxy) is 4. The molecule has 1 aliphatic heterocycles. The van der Waals surface area contributed by atoms with E-state index in [4.69, 9.17) is 18.9 Å². The van der Waals surface area contributed by atoms with E-state index in [0.29, 0.717) is 6.61 Å². The van der Waals surface area contributed by atoms with Crippen molar-refractivity contribution in [3.63, 3.8) is 0 Å². The fourth-order valence-corrected chi connectivity index (χ4v) is 2.80. The highest BCUT2D eigenvalue weighted by molar-refractivity contribution is 5.99. The van der Waals surface area contributed by atoms with Gasteiger partial charge in [-0.05, 0) is 13.8 Å². The van der Waals surface area contributed by atoms with Crippen LogP contribution in [0, 0.1) is 10.1 Å². The maximum absolute atomic E-state index is 12.7. The molecule has 1 unspecified atom stereocenters. The number of rotatable bonds is 6. The van der Waals surface area contributed by atoms with Crippen LogP contribution in [0.2, 0.25) is 0 Å². The molecule has 0 fully saturated rings. The van der Waals surface area contributed by atoms with Crippen molar-refractivity contribution in [3.05, 3.63) is 38.2 Å². The van der Waals surface area contributed by atoms with Gasteiger partial charge in [-0.1, -0.05) is 0 Å². The van der Waals surface area contributed by atoms with E-state index >= 15 is 0 Å². The largest absolute Gasteiger partial charge is 0.480 e. The number of H-pyrrole nitrogens is 1. The van der Waals surface area contributed by atoms with Crippen molar-refractivity contribution in [2.45, 2.75) is 20.0 Å². The van der Waals surface area contributed by atoms with E-state index in [-0.39, 0.29) is 47.8 Å². The molecule has 27 heavy (non-hydrogen) atoms. The summed E-state index contributed by atoms with van der Waals surface area (Å²) in [4.78, 5) is 38.3. The number of aromatic amines is 1. The monoisotopic (exact) mass is 378 g/mol. The zero-order chi connectivity index (χ0) is 19.6. The van der Waals surface area contributed by atoms with E-state index in [1.165, 1.54) is 12.3 Å². The van der Waals surface area contributed by atoms with E-state index in [9.17, 15) is 19.7 Å². The molecule has 1 atom stereocenters. The molecule has 1 aliphatic rings. The fraction of sp³-hybridized carbons (Fsp3) is 0.412. The normalized spacial score (nSPS) is 15.6. The molecule has 0 saturated carbocycles. The number of esters is 1. The summed E-state index contributed by atoms with van der Waals surface area (Å²) in [7, 11) is 0. The third kappa shape index (κ3) is 3.43. The van der Waals surface area contributed by atoms with Gasteiger partial charge >= 0.3 is 11.7 Å². The molecule has 1 N–H and O–H groups in total. The maximum atomic E-state index is 12.7. The van der Waals surface area contributed by atoms with Crippen molar-refractivity contribution >= 4 is 22.6 Å². The van der Waals surface area contributed by atoms with Crippen LogP contribution in [0.15, 0.2) is 17.1 Å². The second-order valence-electron chi connectivity index (χ2n) is 5.69. The zero-order valence-corrected chi connectivity index (χ0v) is 14.8. The predicted octanol–water partition coefficient (Wildman–Crippen LogP) is 1.79. The summed E-state index contributed by atoms with van der Waals surface area (Å²) >= 11 is 0. The summed E-state index contributed by atoms with van der Waals surface area (Å²) < 4.78 is 21.4. The lowest BCUT2D eigenvalue weighted by atomic mass is 10.1. The van der Waals surface area contributed by atoms with Crippen LogP contribution in [0.25, 0.3) is 10.9 Å². The molecule has 0 saturated heterocycles. The average molecular weight is 378 g/mol. The van der Waals surface area contributed by atoms with Crippen LogP contribution in [0.3, 0.4) is 0 Å². The minimum Gasteiger partial charge on any atom is -0.480 e. The molecule has 0 amide bonds. The zero-order valence-electron chi connectivity index (χ0n) is 14.8. The van der Waals surface area contributed by atoms with E-state index < -0.39 is 28.1 Å². The third-order valence-electron chi connectivity index (χ3n) is 3.96. The summed E-state index contributed by atoms with van der Waals surface area (Å²) in [6.07, 6.45) is 0.736. The number of benzene rings is 1. The Kier molecular flexibility index (Phi) is 5.26. The van der Waals surface area contributed by atoms with Gasteiger partial charge in [0.2, 0.25) is 11.2 Å². The molecule has 10 nitrogen and oxygen atoms in total. The summed E-state index contributed by atoms with van der Waals surface area (Å²) in [5, 5.41) is 11.4. The summed E-state index contributed by atoms with van der Waals surface area (Å²) in [6, 6.07) is 1.44. The number of nitro groups is 1. The Labute approximate surface area is 153 Å². The Bertz CT molecular complexity index is 952. The standard InChI is InChI=1S/C17H18N2O8/c1-3-24-7-9-8-26-16-12(27-9)5-11-13(14(16)19(22)23)15(20)10(6-18-11)17(21)25-4-2/h5-6,9H,3-4,7-8H2,1-2H3,(H,18,20). The van der Waals surface area contributed by atoms with Gasteiger partial charge in [0.1, 0.15) is 17.6 Å². The smallest absolute Gasteiger partial charge is 0.343 e. The van der Waals surface area contributed by atoms with E-state index in [1.54, 1.807) is 6.92 Å². The van der Waals surface area contributed by atoms with Gasteiger partial charge in [-0.2, -0.15) is 0 Å². The molecule has 144 valence electrons. The molecule has 2 aromatic rings. The van der Waals surface area contributed by atoms with E-state index in [2.05, 4.69) is 4.98 Å². The predicted molar refractivity (Wildman–Crippen MR) is 93.6 cm³/mol. The van der Waals surface area contributed by atoms with Gasteiger partial charge in [0.05, 0.1) is 23.7 Å². The molecule has 3 rings (SSSR count). The molecule has 2 heterocycles. The molecule has 0 radical (unpaired) electrons. The topological polar surface area (TPSA) is 130 Å². The highest BCUT2D eigenvalue weighted by Crippen LogP contribution is 2.44. The Hall–Kier alpha value is -3.14. The molecule has 1 aromatic heterocycles. The highest BCUT2D eigenvalue weighted by atomic mass is 16.6. The van der Waals surface area contributed by atoms with Crippen LogP contribution in [-0.4, -0.2) is 48.4 Å². The molecule has 0 aliphatic carbocycles. The maximum Gasteiger partial charge on any atom is 0.343 e. The molecule has 0 bridgehead atoms. The van der Waals surface area contributed by atoms with Gasteiger partial charge in [0, 0.05) is 18.9 Å². The number of aromatic nitrogens is 1. The first-order valence-electron chi connectivity index (χ1n) is 8.39. The minimum absolute atomic E-state index is 0.0365. The molecule has 0 spiro atoms. The summed E-state index contributed by atoms with van der Waals surface area (Å²) in [6.45, 7) is 4.29.